The highest BCUT2D eigenvalue weighted by Crippen LogP contribution is 2.08. The van der Waals surface area contributed by atoms with Crippen LogP contribution in [0.5, 0.6) is 0 Å². The number of ether oxygens (including phenoxy) is 2. The molecule has 0 spiro atoms. The van der Waals surface area contributed by atoms with Crippen molar-refractivity contribution in [3.63, 3.8) is 0 Å². The zero-order valence-corrected chi connectivity index (χ0v) is 18.9. The monoisotopic (exact) mass is 406 g/mol. The predicted octanol–water partition coefficient (Wildman–Crippen LogP) is 6.71. The molecule has 0 saturated carbocycles. The second-order valence-corrected chi connectivity index (χ2v) is 7.66. The van der Waals surface area contributed by atoms with Crippen LogP contribution in [0, 0.1) is 5.92 Å². The number of unbranched alkanes of at least 4 members (excludes halogenated alkanes) is 5. The van der Waals surface area contributed by atoms with Crippen LogP contribution in [0.4, 0.5) is 0 Å². The lowest BCUT2D eigenvalue weighted by Gasteiger charge is -2.07. The Labute approximate surface area is 178 Å². The number of carbonyl (C=O) groups excluding carboxylic acids is 2. The molecule has 0 aromatic carbocycles. The van der Waals surface area contributed by atoms with Gasteiger partial charge in [0.1, 0.15) is 0 Å². The largest absolute Gasteiger partial charge is 0.463 e. The van der Waals surface area contributed by atoms with Gasteiger partial charge in [-0.05, 0) is 50.9 Å². The van der Waals surface area contributed by atoms with Gasteiger partial charge in [-0.15, -0.1) is 0 Å². The molecule has 0 fully saturated rings. The maximum atomic E-state index is 11.6. The summed E-state index contributed by atoms with van der Waals surface area (Å²) >= 11 is 0. The quantitative estimate of drug-likeness (QED) is 0.144. The highest BCUT2D eigenvalue weighted by molar-refractivity contribution is 5.76. The Morgan fingerprint density at radius 3 is 2.07 bits per heavy atom. The Bertz CT molecular complexity index is 489. The zero-order chi connectivity index (χ0) is 21.6. The van der Waals surface area contributed by atoms with Gasteiger partial charge in [-0.1, -0.05) is 76.5 Å². The van der Waals surface area contributed by atoms with Crippen molar-refractivity contribution in [2.24, 2.45) is 5.92 Å². The van der Waals surface area contributed by atoms with Crippen LogP contribution >= 0.6 is 0 Å². The SMILES string of the molecule is CC/C=C\C/C=C\C/C=C\CCCCCCCC(=O)OCC(=O)OCCC(C)C. The first-order chi connectivity index (χ1) is 14.1. The van der Waals surface area contributed by atoms with Gasteiger partial charge >= 0.3 is 11.9 Å². The average molecular weight is 407 g/mol. The summed E-state index contributed by atoms with van der Waals surface area (Å²) in [6, 6.07) is 0. The van der Waals surface area contributed by atoms with E-state index in [4.69, 9.17) is 9.47 Å². The average Bonchev–Trinajstić information content (AvgIpc) is 2.69. The molecule has 0 amide bonds. The smallest absolute Gasteiger partial charge is 0.344 e. The van der Waals surface area contributed by atoms with Crippen LogP contribution in [0.2, 0.25) is 0 Å². The number of allylic oxidation sites excluding steroid dienone is 6. The highest BCUT2D eigenvalue weighted by Gasteiger charge is 2.08. The van der Waals surface area contributed by atoms with E-state index in [0.29, 0.717) is 18.9 Å². The van der Waals surface area contributed by atoms with Gasteiger partial charge in [0.05, 0.1) is 6.61 Å². The van der Waals surface area contributed by atoms with Crippen molar-refractivity contribution >= 4 is 11.9 Å². The first-order valence-corrected chi connectivity index (χ1v) is 11.3. The third-order valence-corrected chi connectivity index (χ3v) is 4.34. The maximum Gasteiger partial charge on any atom is 0.344 e. The van der Waals surface area contributed by atoms with E-state index in [1.54, 1.807) is 0 Å². The molecule has 0 saturated heterocycles. The fraction of sp³-hybridized carbons (Fsp3) is 0.680. The van der Waals surface area contributed by atoms with Crippen LogP contribution in [0.25, 0.3) is 0 Å². The van der Waals surface area contributed by atoms with Crippen LogP contribution in [-0.4, -0.2) is 25.2 Å². The molecular formula is C25H42O4. The molecule has 0 aromatic heterocycles. The number of esters is 2. The Kier molecular flexibility index (Phi) is 19.6. The molecule has 0 rings (SSSR count). The van der Waals surface area contributed by atoms with E-state index >= 15 is 0 Å². The summed E-state index contributed by atoms with van der Waals surface area (Å²) in [6.07, 6.45) is 24.1. The number of rotatable bonds is 18. The lowest BCUT2D eigenvalue weighted by Crippen LogP contribution is -2.17. The molecule has 0 aliphatic heterocycles. The van der Waals surface area contributed by atoms with E-state index < -0.39 is 5.97 Å². The minimum absolute atomic E-state index is 0.270. The van der Waals surface area contributed by atoms with Crippen molar-refractivity contribution in [2.45, 2.75) is 91.4 Å². The molecule has 29 heavy (non-hydrogen) atoms. The first-order valence-electron chi connectivity index (χ1n) is 11.3. The standard InChI is InChI=1S/C25H42O4/c1-4-5-6-7-8-9-10-11-12-13-14-15-16-17-18-19-24(26)29-22-25(27)28-21-20-23(2)3/h5-6,8-9,11-12,23H,4,7,10,13-22H2,1-3H3/b6-5-,9-8-,12-11-. The predicted molar refractivity (Wildman–Crippen MR) is 121 cm³/mol. The third-order valence-electron chi connectivity index (χ3n) is 4.34. The molecule has 0 radical (unpaired) electrons. The maximum absolute atomic E-state index is 11.6. The van der Waals surface area contributed by atoms with Gasteiger partial charge in [0.15, 0.2) is 6.61 Å². The van der Waals surface area contributed by atoms with Gasteiger partial charge in [0.25, 0.3) is 0 Å². The third kappa shape index (κ3) is 22.3. The molecule has 0 heterocycles. The molecule has 0 aromatic rings. The summed E-state index contributed by atoms with van der Waals surface area (Å²) in [4.78, 5) is 23.0. The van der Waals surface area contributed by atoms with Crippen molar-refractivity contribution in [3.05, 3.63) is 36.5 Å². The topological polar surface area (TPSA) is 52.6 Å². The molecule has 0 aliphatic rings. The van der Waals surface area contributed by atoms with Gasteiger partial charge < -0.3 is 9.47 Å². The zero-order valence-electron chi connectivity index (χ0n) is 18.9. The van der Waals surface area contributed by atoms with Crippen molar-refractivity contribution in [3.8, 4) is 0 Å². The molecule has 4 nitrogen and oxygen atoms in total. The highest BCUT2D eigenvalue weighted by atomic mass is 16.6. The summed E-state index contributed by atoms with van der Waals surface area (Å²) in [5.41, 5.74) is 0. The van der Waals surface area contributed by atoms with E-state index in [2.05, 4.69) is 57.2 Å². The van der Waals surface area contributed by atoms with Crippen LogP contribution in [-0.2, 0) is 19.1 Å². The second kappa shape index (κ2) is 20.9. The van der Waals surface area contributed by atoms with Gasteiger partial charge in [0.2, 0.25) is 0 Å². The van der Waals surface area contributed by atoms with E-state index in [-0.39, 0.29) is 12.6 Å². The molecule has 0 N–H and O–H groups in total. The summed E-state index contributed by atoms with van der Waals surface area (Å²) in [6.45, 7) is 6.40. The Balaban J connectivity index is 3.43. The van der Waals surface area contributed by atoms with Gasteiger partial charge in [0, 0.05) is 6.42 Å². The molecule has 0 unspecified atom stereocenters. The van der Waals surface area contributed by atoms with E-state index in [9.17, 15) is 9.59 Å². The van der Waals surface area contributed by atoms with Crippen LogP contribution in [0.3, 0.4) is 0 Å². The molecule has 0 atom stereocenters. The molecule has 166 valence electrons. The Hall–Kier alpha value is -1.84. The molecule has 0 bridgehead atoms. The summed E-state index contributed by atoms with van der Waals surface area (Å²) in [5.74, 6) is -0.288. The van der Waals surface area contributed by atoms with Crippen LogP contribution in [0.15, 0.2) is 36.5 Å². The lowest BCUT2D eigenvalue weighted by atomic mass is 10.1. The van der Waals surface area contributed by atoms with Gasteiger partial charge in [-0.25, -0.2) is 4.79 Å². The fourth-order valence-corrected chi connectivity index (χ4v) is 2.55. The number of hydrogen-bond acceptors (Lipinski definition) is 4. The number of hydrogen-bond donors (Lipinski definition) is 0. The molecule has 0 aliphatic carbocycles. The van der Waals surface area contributed by atoms with Crippen molar-refractivity contribution in [2.75, 3.05) is 13.2 Å². The molecular weight excluding hydrogens is 364 g/mol. The van der Waals surface area contributed by atoms with E-state index in [1.165, 1.54) is 12.8 Å². The second-order valence-electron chi connectivity index (χ2n) is 7.66. The normalized spacial score (nSPS) is 11.9. The minimum atomic E-state index is -0.462. The first kappa shape index (κ1) is 27.2. The Morgan fingerprint density at radius 2 is 1.38 bits per heavy atom. The minimum Gasteiger partial charge on any atom is -0.463 e. The summed E-state index contributed by atoms with van der Waals surface area (Å²) in [5, 5.41) is 0. The van der Waals surface area contributed by atoms with Crippen LogP contribution in [0.1, 0.15) is 91.4 Å². The van der Waals surface area contributed by atoms with Gasteiger partial charge in [-0.3, -0.25) is 4.79 Å². The van der Waals surface area contributed by atoms with Crippen molar-refractivity contribution < 1.29 is 19.1 Å². The van der Waals surface area contributed by atoms with E-state index in [0.717, 1.165) is 51.4 Å². The Morgan fingerprint density at radius 1 is 0.759 bits per heavy atom. The molecule has 4 heteroatoms. The summed E-state index contributed by atoms with van der Waals surface area (Å²) in [7, 11) is 0. The summed E-state index contributed by atoms with van der Waals surface area (Å²) < 4.78 is 9.95. The number of carbonyl (C=O) groups is 2. The van der Waals surface area contributed by atoms with Gasteiger partial charge in [-0.2, -0.15) is 0 Å². The lowest BCUT2D eigenvalue weighted by molar-refractivity contribution is -0.159. The van der Waals surface area contributed by atoms with Crippen molar-refractivity contribution in [1.29, 1.82) is 0 Å². The van der Waals surface area contributed by atoms with E-state index in [1.807, 2.05) is 0 Å². The van der Waals surface area contributed by atoms with Crippen LogP contribution < -0.4 is 0 Å². The fourth-order valence-electron chi connectivity index (χ4n) is 2.55. The van der Waals surface area contributed by atoms with Crippen molar-refractivity contribution in [1.82, 2.24) is 0 Å².